The van der Waals surface area contributed by atoms with Crippen LogP contribution in [-0.2, 0) is 6.54 Å². The predicted molar refractivity (Wildman–Crippen MR) is 56.4 cm³/mol. The molecular formula is C10H13ClN2O. The van der Waals surface area contributed by atoms with E-state index >= 15 is 0 Å². The van der Waals surface area contributed by atoms with Gasteiger partial charge >= 0.3 is 0 Å². The molecule has 3 nitrogen and oxygen atoms in total. The van der Waals surface area contributed by atoms with Gasteiger partial charge in [-0.3, -0.25) is 4.90 Å². The molecule has 0 bridgehead atoms. The van der Waals surface area contributed by atoms with Gasteiger partial charge in [-0.05, 0) is 12.1 Å². The average molecular weight is 213 g/mol. The molecular weight excluding hydrogens is 200 g/mol. The Morgan fingerprint density at radius 1 is 1.50 bits per heavy atom. The van der Waals surface area contributed by atoms with Crippen molar-refractivity contribution in [2.75, 3.05) is 13.1 Å². The minimum absolute atomic E-state index is 0.262. The summed E-state index contributed by atoms with van der Waals surface area (Å²) >= 11 is 5.97. The topological polar surface area (TPSA) is 49.5 Å². The molecule has 0 saturated carbocycles. The largest absolute Gasteiger partial charge is 0.508 e. The summed E-state index contributed by atoms with van der Waals surface area (Å²) in [5.41, 5.74) is 6.45. The molecule has 1 fully saturated rings. The molecule has 3 N–H and O–H groups in total. The second-order valence-electron chi connectivity index (χ2n) is 3.69. The summed E-state index contributed by atoms with van der Waals surface area (Å²) in [4.78, 5) is 2.16. The molecule has 1 saturated heterocycles. The highest BCUT2D eigenvalue weighted by molar-refractivity contribution is 6.31. The number of hydrogen-bond donors (Lipinski definition) is 2. The van der Waals surface area contributed by atoms with E-state index in [0.29, 0.717) is 11.6 Å². The molecule has 76 valence electrons. The summed E-state index contributed by atoms with van der Waals surface area (Å²) in [6.45, 7) is 2.44. The highest BCUT2D eigenvalue weighted by Crippen LogP contribution is 2.27. The summed E-state index contributed by atoms with van der Waals surface area (Å²) < 4.78 is 0. The Balaban J connectivity index is 2.09. The second kappa shape index (κ2) is 3.77. The lowest BCUT2D eigenvalue weighted by molar-refractivity contribution is 0.141. The predicted octanol–water partition coefficient (Wildman–Crippen LogP) is 1.19. The number of nitrogens with two attached hydrogens (primary N) is 1. The van der Waals surface area contributed by atoms with E-state index in [1.54, 1.807) is 18.2 Å². The number of phenols is 1. The van der Waals surface area contributed by atoms with E-state index in [0.717, 1.165) is 18.7 Å². The lowest BCUT2D eigenvalue weighted by Gasteiger charge is -2.37. The third-order valence-corrected chi connectivity index (χ3v) is 2.82. The molecule has 14 heavy (non-hydrogen) atoms. The maximum atomic E-state index is 9.58. The number of nitrogens with zero attached hydrogens (tertiary/aromatic N) is 1. The van der Waals surface area contributed by atoms with Gasteiger partial charge < -0.3 is 10.8 Å². The SMILES string of the molecule is NC1CN(Cc2c(O)cccc2Cl)C1. The summed E-state index contributed by atoms with van der Waals surface area (Å²) in [6, 6.07) is 5.46. The van der Waals surface area contributed by atoms with E-state index in [1.807, 2.05) is 0 Å². The van der Waals surface area contributed by atoms with Crippen LogP contribution in [0.2, 0.25) is 5.02 Å². The first-order chi connectivity index (χ1) is 6.66. The minimum atomic E-state index is 0.262. The molecule has 4 heteroatoms. The van der Waals surface area contributed by atoms with Gasteiger partial charge in [0.15, 0.2) is 0 Å². The Morgan fingerprint density at radius 3 is 2.79 bits per heavy atom. The van der Waals surface area contributed by atoms with E-state index in [9.17, 15) is 5.11 Å². The van der Waals surface area contributed by atoms with Crippen LogP contribution >= 0.6 is 11.6 Å². The Kier molecular flexibility index (Phi) is 2.63. The zero-order chi connectivity index (χ0) is 10.1. The molecule has 0 amide bonds. The van der Waals surface area contributed by atoms with E-state index < -0.39 is 0 Å². The maximum Gasteiger partial charge on any atom is 0.121 e. The molecule has 1 aliphatic heterocycles. The smallest absolute Gasteiger partial charge is 0.121 e. The lowest BCUT2D eigenvalue weighted by Crippen LogP contribution is -2.54. The lowest BCUT2D eigenvalue weighted by atomic mass is 10.1. The van der Waals surface area contributed by atoms with E-state index in [-0.39, 0.29) is 11.8 Å². The van der Waals surface area contributed by atoms with Crippen LogP contribution in [-0.4, -0.2) is 29.1 Å². The molecule has 1 heterocycles. The zero-order valence-corrected chi connectivity index (χ0v) is 8.54. The van der Waals surface area contributed by atoms with Crippen LogP contribution in [0.25, 0.3) is 0 Å². The maximum absolute atomic E-state index is 9.58. The number of rotatable bonds is 2. The van der Waals surface area contributed by atoms with Crippen LogP contribution in [0.4, 0.5) is 0 Å². The van der Waals surface area contributed by atoms with Gasteiger partial charge in [0.1, 0.15) is 5.75 Å². The van der Waals surface area contributed by atoms with E-state index in [2.05, 4.69) is 4.90 Å². The highest BCUT2D eigenvalue weighted by atomic mass is 35.5. The third kappa shape index (κ3) is 1.85. The van der Waals surface area contributed by atoms with Crippen LogP contribution in [0, 0.1) is 0 Å². The van der Waals surface area contributed by atoms with Crippen molar-refractivity contribution in [3.05, 3.63) is 28.8 Å². The number of hydrogen-bond acceptors (Lipinski definition) is 3. The normalized spacial score (nSPS) is 18.1. The van der Waals surface area contributed by atoms with Crippen molar-refractivity contribution in [2.24, 2.45) is 5.73 Å². The van der Waals surface area contributed by atoms with Crippen molar-refractivity contribution in [3.8, 4) is 5.75 Å². The van der Waals surface area contributed by atoms with E-state index in [1.165, 1.54) is 0 Å². The van der Waals surface area contributed by atoms with Gasteiger partial charge in [0, 0.05) is 36.3 Å². The fraction of sp³-hybridized carbons (Fsp3) is 0.400. The zero-order valence-electron chi connectivity index (χ0n) is 7.78. The summed E-state index contributed by atoms with van der Waals surface area (Å²) in [5, 5.41) is 10.2. The van der Waals surface area contributed by atoms with Gasteiger partial charge in [-0.15, -0.1) is 0 Å². The van der Waals surface area contributed by atoms with Crippen molar-refractivity contribution >= 4 is 11.6 Å². The third-order valence-electron chi connectivity index (χ3n) is 2.46. The molecule has 1 aliphatic rings. The van der Waals surface area contributed by atoms with Gasteiger partial charge in [-0.25, -0.2) is 0 Å². The van der Waals surface area contributed by atoms with Crippen LogP contribution in [0.3, 0.4) is 0 Å². The first-order valence-corrected chi connectivity index (χ1v) is 4.99. The quantitative estimate of drug-likeness (QED) is 0.775. The Labute approximate surface area is 88.1 Å². The number of halogens is 1. The number of phenolic OH excluding ortho intramolecular Hbond substituents is 1. The summed E-state index contributed by atoms with van der Waals surface area (Å²) in [6.07, 6.45) is 0. The number of aromatic hydroxyl groups is 1. The molecule has 0 radical (unpaired) electrons. The molecule has 2 rings (SSSR count). The van der Waals surface area contributed by atoms with Gasteiger partial charge in [0.2, 0.25) is 0 Å². The molecule has 1 aromatic rings. The van der Waals surface area contributed by atoms with Crippen LogP contribution in [0.5, 0.6) is 5.75 Å². The first kappa shape index (κ1) is 9.77. The van der Waals surface area contributed by atoms with E-state index in [4.69, 9.17) is 17.3 Å². The first-order valence-electron chi connectivity index (χ1n) is 4.61. The highest BCUT2D eigenvalue weighted by Gasteiger charge is 2.24. The van der Waals surface area contributed by atoms with Crippen LogP contribution in [0.1, 0.15) is 5.56 Å². The number of benzene rings is 1. The fourth-order valence-corrected chi connectivity index (χ4v) is 1.90. The Morgan fingerprint density at radius 2 is 2.21 bits per heavy atom. The number of likely N-dealkylation sites (tertiary alicyclic amines) is 1. The monoisotopic (exact) mass is 212 g/mol. The van der Waals surface area contributed by atoms with Gasteiger partial charge in [0.05, 0.1) is 0 Å². The fourth-order valence-electron chi connectivity index (χ4n) is 1.67. The molecule has 0 aromatic heterocycles. The second-order valence-corrected chi connectivity index (χ2v) is 4.10. The summed E-state index contributed by atoms with van der Waals surface area (Å²) in [7, 11) is 0. The molecule has 0 unspecified atom stereocenters. The van der Waals surface area contributed by atoms with Crippen molar-refractivity contribution in [2.45, 2.75) is 12.6 Å². The Hall–Kier alpha value is -0.770. The molecule has 1 aromatic carbocycles. The van der Waals surface area contributed by atoms with Crippen molar-refractivity contribution in [3.63, 3.8) is 0 Å². The van der Waals surface area contributed by atoms with Crippen molar-refractivity contribution in [1.82, 2.24) is 4.90 Å². The Bertz CT molecular complexity index is 317. The van der Waals surface area contributed by atoms with Gasteiger partial charge in [0.25, 0.3) is 0 Å². The standard InChI is InChI=1S/C10H13ClN2O/c11-9-2-1-3-10(14)8(9)6-13-4-7(12)5-13/h1-3,7,14H,4-6,12H2. The van der Waals surface area contributed by atoms with Crippen LogP contribution < -0.4 is 5.73 Å². The average Bonchev–Trinajstić information content (AvgIpc) is 2.08. The summed E-state index contributed by atoms with van der Waals surface area (Å²) in [5.74, 6) is 0.262. The van der Waals surface area contributed by atoms with Gasteiger partial charge in [-0.2, -0.15) is 0 Å². The van der Waals surface area contributed by atoms with Crippen molar-refractivity contribution < 1.29 is 5.11 Å². The van der Waals surface area contributed by atoms with Gasteiger partial charge in [-0.1, -0.05) is 17.7 Å². The molecule has 0 atom stereocenters. The minimum Gasteiger partial charge on any atom is -0.508 e. The van der Waals surface area contributed by atoms with Crippen molar-refractivity contribution in [1.29, 1.82) is 0 Å². The van der Waals surface area contributed by atoms with Crippen LogP contribution in [0.15, 0.2) is 18.2 Å². The molecule has 0 spiro atoms. The molecule has 0 aliphatic carbocycles.